The van der Waals surface area contributed by atoms with Crippen LogP contribution in [0.25, 0.3) is 4.85 Å². The predicted molar refractivity (Wildman–Crippen MR) is 57.7 cm³/mol. The minimum atomic E-state index is -0.430. The third-order valence-electron chi connectivity index (χ3n) is 2.53. The topological polar surface area (TPSA) is 19.6 Å². The van der Waals surface area contributed by atoms with E-state index in [9.17, 15) is 4.39 Å². The standard InChI is InChI=1S/C11H12FN3/c1-13-11-3-2-9(8-10(11)12)15-6-4-14-5-7-15/h2-3,8,14H,4-7H2. The zero-order valence-electron chi connectivity index (χ0n) is 8.33. The summed E-state index contributed by atoms with van der Waals surface area (Å²) in [6.07, 6.45) is 0. The number of nitrogens with zero attached hydrogens (tertiary/aromatic N) is 2. The van der Waals surface area contributed by atoms with Crippen LogP contribution in [0.2, 0.25) is 0 Å². The molecule has 1 aromatic rings. The third-order valence-corrected chi connectivity index (χ3v) is 2.53. The highest BCUT2D eigenvalue weighted by Gasteiger charge is 2.12. The average molecular weight is 205 g/mol. The van der Waals surface area contributed by atoms with E-state index in [2.05, 4.69) is 15.1 Å². The van der Waals surface area contributed by atoms with Crippen molar-refractivity contribution in [2.24, 2.45) is 0 Å². The molecule has 0 bridgehead atoms. The fourth-order valence-electron chi connectivity index (χ4n) is 1.71. The van der Waals surface area contributed by atoms with E-state index in [1.54, 1.807) is 6.07 Å². The molecule has 1 N–H and O–H groups in total. The summed E-state index contributed by atoms with van der Waals surface area (Å²) in [6, 6.07) is 4.79. The Morgan fingerprint density at radius 1 is 1.33 bits per heavy atom. The lowest BCUT2D eigenvalue weighted by molar-refractivity contribution is 0.585. The first kappa shape index (κ1) is 9.94. The van der Waals surface area contributed by atoms with Gasteiger partial charge in [0, 0.05) is 31.9 Å². The molecule has 4 heteroatoms. The van der Waals surface area contributed by atoms with Crippen LogP contribution in [0.4, 0.5) is 15.8 Å². The second-order valence-electron chi connectivity index (χ2n) is 3.48. The molecule has 3 nitrogen and oxygen atoms in total. The maximum atomic E-state index is 13.3. The second-order valence-corrected chi connectivity index (χ2v) is 3.48. The molecule has 78 valence electrons. The first-order chi connectivity index (χ1) is 7.31. The molecular formula is C11H12FN3. The van der Waals surface area contributed by atoms with E-state index in [4.69, 9.17) is 6.57 Å². The molecule has 15 heavy (non-hydrogen) atoms. The van der Waals surface area contributed by atoms with Gasteiger partial charge in [-0.15, -0.1) is 0 Å². The highest BCUT2D eigenvalue weighted by Crippen LogP contribution is 2.24. The number of benzene rings is 1. The molecule has 1 aliphatic heterocycles. The Balaban J connectivity index is 2.22. The predicted octanol–water partition coefficient (Wildman–Crippen LogP) is 1.79. The van der Waals surface area contributed by atoms with E-state index in [-0.39, 0.29) is 5.69 Å². The van der Waals surface area contributed by atoms with Gasteiger partial charge in [-0.2, -0.15) is 0 Å². The number of rotatable bonds is 1. The number of halogens is 1. The molecule has 1 aliphatic rings. The van der Waals surface area contributed by atoms with Crippen LogP contribution >= 0.6 is 0 Å². The van der Waals surface area contributed by atoms with E-state index < -0.39 is 5.82 Å². The maximum Gasteiger partial charge on any atom is 0.222 e. The monoisotopic (exact) mass is 205 g/mol. The molecular weight excluding hydrogens is 193 g/mol. The zero-order valence-corrected chi connectivity index (χ0v) is 8.33. The molecule has 1 aromatic carbocycles. The Labute approximate surface area is 88.3 Å². The largest absolute Gasteiger partial charge is 0.369 e. The molecule has 2 rings (SSSR count). The molecule has 0 radical (unpaired) electrons. The van der Waals surface area contributed by atoms with Crippen molar-refractivity contribution in [3.8, 4) is 0 Å². The van der Waals surface area contributed by atoms with Crippen molar-refractivity contribution in [3.05, 3.63) is 35.4 Å². The first-order valence-electron chi connectivity index (χ1n) is 4.94. The number of hydrogen-bond donors (Lipinski definition) is 1. The van der Waals surface area contributed by atoms with Crippen molar-refractivity contribution in [3.63, 3.8) is 0 Å². The molecule has 1 fully saturated rings. The Bertz CT molecular complexity index is 391. The number of piperazine rings is 1. The Morgan fingerprint density at radius 3 is 2.67 bits per heavy atom. The number of hydrogen-bond acceptors (Lipinski definition) is 2. The van der Waals surface area contributed by atoms with E-state index in [0.717, 1.165) is 31.9 Å². The highest BCUT2D eigenvalue weighted by atomic mass is 19.1. The molecule has 0 unspecified atom stereocenters. The van der Waals surface area contributed by atoms with E-state index in [1.165, 1.54) is 6.07 Å². The summed E-state index contributed by atoms with van der Waals surface area (Å²) in [5.74, 6) is -0.430. The zero-order chi connectivity index (χ0) is 10.7. The summed E-state index contributed by atoms with van der Waals surface area (Å²) >= 11 is 0. The van der Waals surface area contributed by atoms with Crippen LogP contribution in [-0.4, -0.2) is 26.2 Å². The van der Waals surface area contributed by atoms with Gasteiger partial charge in [0.2, 0.25) is 5.69 Å². The van der Waals surface area contributed by atoms with Crippen molar-refractivity contribution in [1.29, 1.82) is 0 Å². The molecule has 0 atom stereocenters. The van der Waals surface area contributed by atoms with Crippen LogP contribution in [0.15, 0.2) is 18.2 Å². The molecule has 0 aromatic heterocycles. The van der Waals surface area contributed by atoms with Gasteiger partial charge in [0.15, 0.2) is 0 Å². The van der Waals surface area contributed by atoms with Gasteiger partial charge in [0.25, 0.3) is 0 Å². The summed E-state index contributed by atoms with van der Waals surface area (Å²) in [7, 11) is 0. The molecule has 0 amide bonds. The molecule has 0 aliphatic carbocycles. The Kier molecular flexibility index (Phi) is 2.84. The normalized spacial score (nSPS) is 16.1. The summed E-state index contributed by atoms with van der Waals surface area (Å²) in [4.78, 5) is 5.22. The van der Waals surface area contributed by atoms with Crippen LogP contribution in [0, 0.1) is 12.4 Å². The summed E-state index contributed by atoms with van der Waals surface area (Å²) in [6.45, 7) is 10.4. The van der Waals surface area contributed by atoms with Crippen LogP contribution < -0.4 is 10.2 Å². The lowest BCUT2D eigenvalue weighted by Gasteiger charge is -2.29. The Hall–Kier alpha value is -1.60. The number of anilines is 1. The second kappa shape index (κ2) is 4.28. The van der Waals surface area contributed by atoms with Crippen LogP contribution in [0.5, 0.6) is 0 Å². The van der Waals surface area contributed by atoms with Gasteiger partial charge >= 0.3 is 0 Å². The smallest absolute Gasteiger partial charge is 0.222 e. The van der Waals surface area contributed by atoms with Crippen LogP contribution in [0.1, 0.15) is 0 Å². The lowest BCUT2D eigenvalue weighted by atomic mass is 10.2. The van der Waals surface area contributed by atoms with E-state index >= 15 is 0 Å². The van der Waals surface area contributed by atoms with Crippen LogP contribution in [0.3, 0.4) is 0 Å². The van der Waals surface area contributed by atoms with Crippen molar-refractivity contribution < 1.29 is 4.39 Å². The average Bonchev–Trinajstić information content (AvgIpc) is 2.30. The quantitative estimate of drug-likeness (QED) is 0.705. The summed E-state index contributed by atoms with van der Waals surface area (Å²) < 4.78 is 13.3. The van der Waals surface area contributed by atoms with Gasteiger partial charge in [-0.05, 0) is 12.1 Å². The van der Waals surface area contributed by atoms with Crippen molar-refractivity contribution in [1.82, 2.24) is 5.32 Å². The summed E-state index contributed by atoms with van der Waals surface area (Å²) in [5.41, 5.74) is 0.954. The minimum absolute atomic E-state index is 0.0916. The van der Waals surface area contributed by atoms with E-state index in [0.29, 0.717) is 0 Å². The summed E-state index contributed by atoms with van der Waals surface area (Å²) in [5, 5.41) is 3.24. The molecule has 1 heterocycles. The SMILES string of the molecule is [C-]#[N+]c1ccc(N2CCNCC2)cc1F. The van der Waals surface area contributed by atoms with Gasteiger partial charge in [-0.25, -0.2) is 9.24 Å². The fraction of sp³-hybridized carbons (Fsp3) is 0.364. The van der Waals surface area contributed by atoms with Crippen molar-refractivity contribution >= 4 is 11.4 Å². The first-order valence-corrected chi connectivity index (χ1v) is 4.94. The lowest BCUT2D eigenvalue weighted by Crippen LogP contribution is -2.43. The van der Waals surface area contributed by atoms with Crippen LogP contribution in [-0.2, 0) is 0 Å². The van der Waals surface area contributed by atoms with E-state index in [1.807, 2.05) is 6.07 Å². The van der Waals surface area contributed by atoms with Gasteiger partial charge in [-0.3, -0.25) is 0 Å². The van der Waals surface area contributed by atoms with Crippen molar-refractivity contribution in [2.45, 2.75) is 0 Å². The maximum absolute atomic E-state index is 13.3. The van der Waals surface area contributed by atoms with Gasteiger partial charge in [0.05, 0.1) is 6.57 Å². The molecule has 0 saturated carbocycles. The Morgan fingerprint density at radius 2 is 2.07 bits per heavy atom. The van der Waals surface area contributed by atoms with Gasteiger partial charge < -0.3 is 10.2 Å². The van der Waals surface area contributed by atoms with Gasteiger partial charge in [0.1, 0.15) is 5.82 Å². The van der Waals surface area contributed by atoms with Gasteiger partial charge in [-0.1, -0.05) is 6.07 Å². The molecule has 1 saturated heterocycles. The minimum Gasteiger partial charge on any atom is -0.369 e. The molecule has 0 spiro atoms. The fourth-order valence-corrected chi connectivity index (χ4v) is 1.71. The van der Waals surface area contributed by atoms with Crippen molar-refractivity contribution in [2.75, 3.05) is 31.1 Å². The third kappa shape index (κ3) is 2.08. The number of nitrogens with one attached hydrogen (secondary N) is 1. The highest BCUT2D eigenvalue weighted by molar-refractivity contribution is 5.56.